The van der Waals surface area contributed by atoms with Crippen molar-refractivity contribution in [1.29, 1.82) is 0 Å². The number of carboxylic acids is 1. The van der Waals surface area contributed by atoms with Crippen LogP contribution in [0.3, 0.4) is 0 Å². The zero-order valence-electron chi connectivity index (χ0n) is 47.1. The molecule has 30 heteroatoms. The third kappa shape index (κ3) is 16.7. The minimum Gasteiger partial charge on any atom is -0.481 e. The van der Waals surface area contributed by atoms with Crippen molar-refractivity contribution in [3.63, 3.8) is 0 Å². The van der Waals surface area contributed by atoms with Gasteiger partial charge in [-0.05, 0) is 85.9 Å². The number of esters is 1. The molecule has 16 atom stereocenters. The van der Waals surface area contributed by atoms with Crippen LogP contribution in [0.4, 0.5) is 0 Å². The molecule has 8 fully saturated rings. The first-order chi connectivity index (χ1) is 37.9. The van der Waals surface area contributed by atoms with E-state index in [-0.39, 0.29) is 71.3 Å². The second-order valence-corrected chi connectivity index (χ2v) is 53.1. The molecule has 4 N–H and O–H groups in total. The average molecular weight is 1480 g/mol. The number of aliphatic carboxylic acids is 1. The van der Waals surface area contributed by atoms with Crippen molar-refractivity contribution >= 4 is 185 Å². The number of rotatable bonds is 5. The molecule has 2 saturated heterocycles. The van der Waals surface area contributed by atoms with Crippen LogP contribution in [-0.4, -0.2) is 94.8 Å². The molecule has 11 nitrogen and oxygen atoms in total. The number of aliphatic hydroxyl groups excluding tert-OH is 3. The number of aliphatic hydroxyl groups is 3. The summed E-state index contributed by atoms with van der Waals surface area (Å²) in [5.41, 5.74) is -1.77. The summed E-state index contributed by atoms with van der Waals surface area (Å²) in [4.78, 5) is 21.9. The number of hydrogen-bond donors (Lipinski definition) is 4. The Labute approximate surface area is 541 Å². The van der Waals surface area contributed by atoms with Gasteiger partial charge in [0.05, 0.1) is 44.7 Å². The van der Waals surface area contributed by atoms with E-state index in [1.807, 2.05) is 19.1 Å². The fourth-order valence-corrected chi connectivity index (χ4v) is 56.6. The van der Waals surface area contributed by atoms with Gasteiger partial charge in [0.2, 0.25) is 0 Å². The Kier molecular flexibility index (Phi) is 31.9. The first-order valence-corrected chi connectivity index (χ1v) is 50.8. The van der Waals surface area contributed by atoms with E-state index in [1.54, 1.807) is 140 Å². The van der Waals surface area contributed by atoms with Crippen molar-refractivity contribution in [2.75, 3.05) is 26.4 Å². The van der Waals surface area contributed by atoms with Crippen molar-refractivity contribution < 1.29 is 53.7 Å². The first kappa shape index (κ1) is 75.8. The van der Waals surface area contributed by atoms with Crippen LogP contribution in [0.2, 0.25) is 0 Å². The molecule has 0 amide bonds. The molecule has 4 bridgehead atoms. The predicted molar refractivity (Wildman–Crippen MR) is 380 cm³/mol. The molecule has 0 aromatic carbocycles. The molecule has 0 radical (unpaired) electrons. The molecule has 8 rings (SSSR count). The van der Waals surface area contributed by atoms with Gasteiger partial charge in [0, 0.05) is 233 Å². The highest BCUT2D eigenvalue weighted by Gasteiger charge is 2.75. The molecule has 6 aliphatic carbocycles. The largest absolute Gasteiger partial charge is 0.481 e. The van der Waals surface area contributed by atoms with E-state index < -0.39 is 46.7 Å². The van der Waals surface area contributed by atoms with Gasteiger partial charge in [0.25, 0.3) is 0 Å². The maximum atomic E-state index is 12.6. The van der Waals surface area contributed by atoms with Crippen LogP contribution >= 0.6 is 0 Å². The van der Waals surface area contributed by atoms with Gasteiger partial charge in [0.1, 0.15) is 6.10 Å². The lowest BCUT2D eigenvalue weighted by atomic mass is 9.43. The minimum absolute atomic E-state index is 0. The number of carboxylic acid groups (broad SMARTS) is 1. The van der Waals surface area contributed by atoms with E-state index in [1.165, 1.54) is 17.8 Å². The molecule has 2 unspecified atom stereocenters. The highest BCUT2D eigenvalue weighted by molar-refractivity contribution is 8.78. The lowest BCUT2D eigenvalue weighted by Crippen LogP contribution is -2.66. The minimum atomic E-state index is -0.745. The second-order valence-electron chi connectivity index (χ2n) is 23.0. The lowest BCUT2D eigenvalue weighted by molar-refractivity contribution is -0.283. The van der Waals surface area contributed by atoms with E-state index in [9.17, 15) is 24.9 Å². The third-order valence-corrected chi connectivity index (χ3v) is 55.5. The van der Waals surface area contributed by atoms with Crippen molar-refractivity contribution in [2.45, 2.75) is 190 Å². The van der Waals surface area contributed by atoms with Crippen LogP contribution in [0.1, 0.15) is 154 Å². The Balaban J connectivity index is 0.000000255. The molecule has 2 aliphatic heterocycles. The molecule has 6 saturated carbocycles. The van der Waals surface area contributed by atoms with Gasteiger partial charge >= 0.3 is 11.9 Å². The van der Waals surface area contributed by atoms with Crippen LogP contribution in [0.25, 0.3) is 0 Å². The summed E-state index contributed by atoms with van der Waals surface area (Å²) < 4.78 is 31.6. The van der Waals surface area contributed by atoms with Gasteiger partial charge in [-0.15, -0.1) is 13.2 Å². The van der Waals surface area contributed by atoms with Crippen LogP contribution in [0.15, 0.2) is 25.3 Å². The SMILES string of the molecule is C.C=C[C@@]1(C)C[C@@H](O)[C@@]2(C)C3C4(CC[C@@]3(CC[C@H]2C)[C@@H](C)[C@@H]1O)OCCO4.C=C[C@@]1(C)C[C@@H](OC(=O)CC)[C@@]2(C)C3C4(CC[C@@]3(CC[C@H]2C)[C@@H](C)[C@@H]1O)OCCO4.CCC(=O)O.S=S=S=S=S=S=S=S=S=S=S=S=S=S=S=S=S=S=S. The second kappa shape index (κ2) is 34.1. The standard InChI is InChI=1S/C25H40O5.C22H36O4.C3H6O2.CH4.S19/c1-7-19(26)30-18-15-22(5,8-2)20(27)17(4)24-10-9-16(3)23(18,6)21(24)25(12-11-24)28-13-14-29-25;1-6-19(4)13-16(23)20(5)14(2)7-8-21(15(3)17(19)24)9-10-22(18(20)21)25-11-12-26-22;1-2-3(4)5;;1-3-5-7-9-11-13-15-17-19-18-16-14-12-10-8-6-4-2/h8,16-18,20-21,27H,2,7,9-15H2,1,3-6H3;6,14-18,23-24H,1,7-13H2,2-5H3;2H2,1H3,(H,4,5);1H4;/t16-,17+,18-,20+,21?,22+,23+,24+;14-,15+,16-,17+,18?,19+,20+,21+;;;/m11.../s1. The quantitative estimate of drug-likeness (QED) is 0.153. The Morgan fingerprint density at radius 2 is 0.889 bits per heavy atom. The summed E-state index contributed by atoms with van der Waals surface area (Å²) in [6.07, 6.45) is 11.4. The van der Waals surface area contributed by atoms with Gasteiger partial charge in [-0.2, -0.15) is 0 Å². The molecular formula is C51H86O11S19. The van der Waals surface area contributed by atoms with Crippen LogP contribution in [0, 0.1) is 68.0 Å². The van der Waals surface area contributed by atoms with Crippen molar-refractivity contribution in [1.82, 2.24) is 0 Å². The molecule has 81 heavy (non-hydrogen) atoms. The monoisotopic (exact) mass is 1480 g/mol. The van der Waals surface area contributed by atoms with E-state index in [0.29, 0.717) is 57.5 Å². The topological polar surface area (TPSA) is 161 Å². The summed E-state index contributed by atoms with van der Waals surface area (Å²) in [5.74, 6) is -1.02. The Morgan fingerprint density at radius 3 is 1.22 bits per heavy atom. The van der Waals surface area contributed by atoms with Crippen molar-refractivity contribution in [2.24, 2.45) is 68.0 Å². The third-order valence-electron chi connectivity index (χ3n) is 19.9. The lowest BCUT2D eigenvalue weighted by Gasteiger charge is -2.64. The zero-order valence-corrected chi connectivity index (χ0v) is 62.6. The summed E-state index contributed by atoms with van der Waals surface area (Å²) >= 11 is 9.50. The van der Waals surface area contributed by atoms with Gasteiger partial charge in [-0.25, -0.2) is 0 Å². The summed E-state index contributed by atoms with van der Waals surface area (Å²) in [6, 6.07) is 0. The molecular weight excluding hydrogens is 1400 g/mol. The maximum absolute atomic E-state index is 12.6. The highest BCUT2D eigenvalue weighted by Crippen LogP contribution is 2.74. The Morgan fingerprint density at radius 1 is 0.556 bits per heavy atom. The smallest absolute Gasteiger partial charge is 0.305 e. The predicted octanol–water partition coefficient (Wildman–Crippen LogP) is 9.06. The molecule has 2 spiro atoms. The van der Waals surface area contributed by atoms with Gasteiger partial charge < -0.3 is 44.1 Å². The number of carbonyl (C=O) groups is 2. The van der Waals surface area contributed by atoms with Gasteiger partial charge in [-0.3, -0.25) is 9.59 Å². The summed E-state index contributed by atoms with van der Waals surface area (Å²) in [6.45, 7) is 31.7. The van der Waals surface area contributed by atoms with Gasteiger partial charge in [0.15, 0.2) is 11.6 Å². The Hall–Kier alpha value is 2.32. The molecule has 2 heterocycles. The van der Waals surface area contributed by atoms with E-state index in [0.717, 1.165) is 51.4 Å². The summed E-state index contributed by atoms with van der Waals surface area (Å²) in [7, 11) is 29.0. The Bertz CT molecular complexity index is 2970. The molecule has 0 aromatic heterocycles. The number of carbonyl (C=O) groups excluding carboxylic acids is 1. The van der Waals surface area contributed by atoms with E-state index in [2.05, 4.69) is 68.5 Å². The van der Waals surface area contributed by atoms with Gasteiger partial charge in [-0.1, -0.05) is 88.8 Å². The van der Waals surface area contributed by atoms with Crippen LogP contribution < -0.4 is 0 Å². The van der Waals surface area contributed by atoms with Crippen LogP contribution in [0.5, 0.6) is 0 Å². The fraction of sp³-hybridized carbons (Fsp3) is 0.882. The molecule has 0 aromatic rings. The van der Waals surface area contributed by atoms with E-state index in [4.69, 9.17) is 51.2 Å². The number of ether oxygens (including phenoxy) is 5. The van der Waals surface area contributed by atoms with Crippen LogP contribution in [-0.2, 0) is 207 Å². The fourth-order valence-electron chi connectivity index (χ4n) is 15.4. The van der Waals surface area contributed by atoms with Crippen molar-refractivity contribution in [3.05, 3.63) is 25.3 Å². The zero-order chi connectivity index (χ0) is 59.2. The molecule has 470 valence electrons. The average Bonchev–Trinajstić information content (AvgIpc) is 4.43. The maximum Gasteiger partial charge on any atom is 0.305 e. The number of hydrogen-bond acceptors (Lipinski definition) is 12. The summed E-state index contributed by atoms with van der Waals surface area (Å²) in [5, 5.41) is 42.3. The van der Waals surface area contributed by atoms with Crippen molar-refractivity contribution in [3.8, 4) is 0 Å². The van der Waals surface area contributed by atoms with E-state index >= 15 is 0 Å². The first-order valence-electron chi connectivity index (χ1n) is 26.8. The normalized spacial score (nSPS) is 38.6. The molecule has 8 aliphatic rings. The highest BCUT2D eigenvalue weighted by atomic mass is 33.5.